The molecule has 1 aromatic heterocycles. The van der Waals surface area contributed by atoms with E-state index in [4.69, 9.17) is 10.7 Å². The van der Waals surface area contributed by atoms with Gasteiger partial charge in [0.15, 0.2) is 0 Å². The van der Waals surface area contributed by atoms with Gasteiger partial charge in [-0.05, 0) is 53.4 Å². The van der Waals surface area contributed by atoms with Crippen LogP contribution in [0.4, 0.5) is 11.4 Å². The van der Waals surface area contributed by atoms with E-state index in [2.05, 4.69) is 16.4 Å². The van der Waals surface area contributed by atoms with Gasteiger partial charge in [0, 0.05) is 36.6 Å². The van der Waals surface area contributed by atoms with Gasteiger partial charge in [0.2, 0.25) is 10.0 Å². The molecule has 32 heavy (non-hydrogen) atoms. The molecule has 1 aliphatic rings. The molecule has 2 heterocycles. The summed E-state index contributed by atoms with van der Waals surface area (Å²) in [5.74, 6) is 0.786. The number of rotatable bonds is 5. The SMILES string of the molecule is CS(=O)(=O)N1CCc2c(cccc2Nc2ccc(CN)c(-c3nc4ccccc4[nH]3)c2)C1. The number of benzene rings is 3. The quantitative estimate of drug-likeness (QED) is 0.432. The van der Waals surface area contributed by atoms with Crippen molar-refractivity contribution >= 4 is 32.4 Å². The summed E-state index contributed by atoms with van der Waals surface area (Å²) < 4.78 is 25.4. The largest absolute Gasteiger partial charge is 0.355 e. The highest BCUT2D eigenvalue weighted by atomic mass is 32.2. The van der Waals surface area contributed by atoms with Crippen LogP contribution in [0.25, 0.3) is 22.4 Å². The van der Waals surface area contributed by atoms with Crippen molar-refractivity contribution in [2.45, 2.75) is 19.5 Å². The van der Waals surface area contributed by atoms with Gasteiger partial charge in [-0.2, -0.15) is 4.31 Å². The fourth-order valence-electron chi connectivity index (χ4n) is 4.27. The van der Waals surface area contributed by atoms with Crippen molar-refractivity contribution in [3.05, 3.63) is 77.4 Å². The van der Waals surface area contributed by atoms with Crippen LogP contribution in [-0.2, 0) is 29.5 Å². The van der Waals surface area contributed by atoms with Crippen LogP contribution in [0.1, 0.15) is 16.7 Å². The molecular formula is C24H25N5O2S. The molecule has 3 aromatic carbocycles. The van der Waals surface area contributed by atoms with Gasteiger partial charge >= 0.3 is 0 Å². The Morgan fingerprint density at radius 3 is 2.75 bits per heavy atom. The molecule has 0 fully saturated rings. The van der Waals surface area contributed by atoms with Crippen LogP contribution in [-0.4, -0.2) is 35.5 Å². The maximum atomic E-state index is 12.0. The van der Waals surface area contributed by atoms with Crippen LogP contribution in [0.15, 0.2) is 60.7 Å². The zero-order chi connectivity index (χ0) is 22.3. The molecule has 0 saturated heterocycles. The van der Waals surface area contributed by atoms with Crippen LogP contribution in [0.2, 0.25) is 0 Å². The first-order chi connectivity index (χ1) is 15.4. The highest BCUT2D eigenvalue weighted by Gasteiger charge is 2.24. The van der Waals surface area contributed by atoms with Crippen LogP contribution in [0.3, 0.4) is 0 Å². The van der Waals surface area contributed by atoms with Gasteiger partial charge in [-0.1, -0.05) is 30.3 Å². The number of aromatic amines is 1. The Morgan fingerprint density at radius 1 is 1.12 bits per heavy atom. The van der Waals surface area contributed by atoms with Gasteiger partial charge < -0.3 is 16.0 Å². The van der Waals surface area contributed by atoms with Gasteiger partial charge in [-0.25, -0.2) is 13.4 Å². The molecule has 0 bridgehead atoms. The molecule has 5 rings (SSSR count). The van der Waals surface area contributed by atoms with Crippen molar-refractivity contribution in [1.82, 2.24) is 14.3 Å². The first-order valence-corrected chi connectivity index (χ1v) is 12.4. The predicted molar refractivity (Wildman–Crippen MR) is 128 cm³/mol. The van der Waals surface area contributed by atoms with Crippen molar-refractivity contribution in [3.63, 3.8) is 0 Å². The summed E-state index contributed by atoms with van der Waals surface area (Å²) in [5, 5.41) is 3.53. The van der Waals surface area contributed by atoms with Crippen molar-refractivity contribution in [3.8, 4) is 11.4 Å². The molecule has 0 radical (unpaired) electrons. The average Bonchev–Trinajstić information content (AvgIpc) is 3.22. The fourth-order valence-corrected chi connectivity index (χ4v) is 5.07. The lowest BCUT2D eigenvalue weighted by Crippen LogP contribution is -2.35. The third-order valence-electron chi connectivity index (χ3n) is 5.95. The summed E-state index contributed by atoms with van der Waals surface area (Å²) in [5.41, 5.74) is 14.0. The van der Waals surface area contributed by atoms with Crippen LogP contribution in [0.5, 0.6) is 0 Å². The highest BCUT2D eigenvalue weighted by molar-refractivity contribution is 7.88. The zero-order valence-electron chi connectivity index (χ0n) is 17.8. The van der Waals surface area contributed by atoms with E-state index in [0.717, 1.165) is 50.5 Å². The normalized spacial score (nSPS) is 14.4. The molecule has 164 valence electrons. The molecule has 4 N–H and O–H groups in total. The molecule has 0 amide bonds. The van der Waals surface area contributed by atoms with Gasteiger partial charge in [-0.3, -0.25) is 0 Å². The number of nitrogens with zero attached hydrogens (tertiary/aromatic N) is 2. The van der Waals surface area contributed by atoms with E-state index in [1.54, 1.807) is 0 Å². The number of fused-ring (bicyclic) bond motifs is 2. The Bertz CT molecular complexity index is 1380. The number of para-hydroxylation sites is 2. The minimum Gasteiger partial charge on any atom is -0.355 e. The molecule has 0 unspecified atom stereocenters. The molecule has 1 aliphatic heterocycles. The van der Waals surface area contributed by atoms with Gasteiger partial charge in [-0.15, -0.1) is 0 Å². The third kappa shape index (κ3) is 3.88. The fraction of sp³-hybridized carbons (Fsp3) is 0.208. The van der Waals surface area contributed by atoms with E-state index < -0.39 is 10.0 Å². The number of H-pyrrole nitrogens is 1. The lowest BCUT2D eigenvalue weighted by atomic mass is 9.98. The third-order valence-corrected chi connectivity index (χ3v) is 7.20. The van der Waals surface area contributed by atoms with Gasteiger partial charge in [0.1, 0.15) is 5.82 Å². The monoisotopic (exact) mass is 447 g/mol. The second-order valence-corrected chi connectivity index (χ2v) is 10.1. The lowest BCUT2D eigenvalue weighted by Gasteiger charge is -2.28. The Morgan fingerprint density at radius 2 is 1.97 bits per heavy atom. The Kier molecular flexibility index (Phi) is 5.21. The summed E-state index contributed by atoms with van der Waals surface area (Å²) in [7, 11) is -3.20. The summed E-state index contributed by atoms with van der Waals surface area (Å²) >= 11 is 0. The van der Waals surface area contributed by atoms with E-state index >= 15 is 0 Å². The van der Waals surface area contributed by atoms with E-state index in [0.29, 0.717) is 26.1 Å². The number of nitrogens with two attached hydrogens (primary N) is 1. The second-order valence-electron chi connectivity index (χ2n) is 8.09. The zero-order valence-corrected chi connectivity index (χ0v) is 18.6. The summed E-state index contributed by atoms with van der Waals surface area (Å²) in [4.78, 5) is 8.13. The second kappa shape index (κ2) is 8.05. The maximum Gasteiger partial charge on any atom is 0.211 e. The Balaban J connectivity index is 1.49. The minimum atomic E-state index is -3.20. The topological polar surface area (TPSA) is 104 Å². The minimum absolute atomic E-state index is 0.403. The van der Waals surface area contributed by atoms with Crippen molar-refractivity contribution in [2.24, 2.45) is 5.73 Å². The first-order valence-electron chi connectivity index (χ1n) is 10.5. The molecule has 7 nitrogen and oxygen atoms in total. The summed E-state index contributed by atoms with van der Waals surface area (Å²) in [6.07, 6.45) is 1.93. The molecule has 0 spiro atoms. The van der Waals surface area contributed by atoms with E-state index in [9.17, 15) is 8.42 Å². The average molecular weight is 448 g/mol. The van der Waals surface area contributed by atoms with Gasteiger partial charge in [0.25, 0.3) is 0 Å². The molecule has 0 aliphatic carbocycles. The van der Waals surface area contributed by atoms with E-state index in [1.807, 2.05) is 54.6 Å². The number of hydrogen-bond acceptors (Lipinski definition) is 5. The number of sulfonamides is 1. The standard InChI is InChI=1S/C24H25N5O2S/c1-32(30,31)29-12-11-19-17(15-29)5-4-8-21(19)26-18-10-9-16(14-25)20(13-18)24-27-22-6-2-3-7-23(22)28-24/h2-10,13,26H,11-12,14-15,25H2,1H3,(H,27,28). The molecule has 0 saturated carbocycles. The number of aromatic nitrogens is 2. The number of imidazole rings is 1. The number of hydrogen-bond donors (Lipinski definition) is 3. The molecule has 4 aromatic rings. The highest BCUT2D eigenvalue weighted by Crippen LogP contribution is 2.32. The van der Waals surface area contributed by atoms with Gasteiger partial charge in [0.05, 0.1) is 17.3 Å². The lowest BCUT2D eigenvalue weighted by molar-refractivity contribution is 0.395. The number of nitrogens with one attached hydrogen (secondary N) is 2. The smallest absolute Gasteiger partial charge is 0.211 e. The Hall–Kier alpha value is -3.20. The first kappa shape index (κ1) is 20.7. The summed E-state index contributed by atoms with van der Waals surface area (Å²) in [6.45, 7) is 1.30. The summed E-state index contributed by atoms with van der Waals surface area (Å²) in [6, 6.07) is 20.0. The van der Waals surface area contributed by atoms with E-state index in [-0.39, 0.29) is 0 Å². The molecular weight excluding hydrogens is 422 g/mol. The number of anilines is 2. The Labute approximate surface area is 187 Å². The van der Waals surface area contributed by atoms with Crippen LogP contribution < -0.4 is 11.1 Å². The molecule has 0 atom stereocenters. The van der Waals surface area contributed by atoms with E-state index in [1.165, 1.54) is 10.6 Å². The maximum absolute atomic E-state index is 12.0. The van der Waals surface area contributed by atoms with Crippen LogP contribution in [0, 0.1) is 0 Å². The molecule has 8 heteroatoms. The van der Waals surface area contributed by atoms with Crippen molar-refractivity contribution < 1.29 is 8.42 Å². The van der Waals surface area contributed by atoms with Crippen LogP contribution >= 0.6 is 0 Å². The van der Waals surface area contributed by atoms with Crippen molar-refractivity contribution in [1.29, 1.82) is 0 Å². The van der Waals surface area contributed by atoms with Crippen molar-refractivity contribution in [2.75, 3.05) is 18.1 Å². The predicted octanol–water partition coefficient (Wildman–Crippen LogP) is 3.75.